The normalized spacial score (nSPS) is 11.3. The summed E-state index contributed by atoms with van der Waals surface area (Å²) < 4.78 is 21.2. The van der Waals surface area contributed by atoms with Crippen LogP contribution in [0.15, 0.2) is 73.4 Å². The van der Waals surface area contributed by atoms with Crippen molar-refractivity contribution in [2.45, 2.75) is 19.8 Å². The van der Waals surface area contributed by atoms with Crippen LogP contribution in [0.2, 0.25) is 5.02 Å². The number of aryl methyl sites for hydroxylation is 1. The molecule has 1 amide bonds. The SMILES string of the molecule is CCCc1nc2ccc(Br)cc2c(=O)n1N=Cc1cc(Cl)c(OCC(=O)Nc2ccc(F)cc2)c(Br)c1. The zero-order valence-electron chi connectivity index (χ0n) is 19.5. The van der Waals surface area contributed by atoms with Crippen LogP contribution < -0.4 is 15.6 Å². The number of nitrogens with one attached hydrogen (secondary N) is 1. The van der Waals surface area contributed by atoms with Gasteiger partial charge in [-0.05, 0) is 82.5 Å². The predicted octanol–water partition coefficient (Wildman–Crippen LogP) is 6.57. The number of carbonyl (C=O) groups is 1. The zero-order valence-corrected chi connectivity index (χ0v) is 23.4. The highest BCUT2D eigenvalue weighted by Crippen LogP contribution is 2.34. The lowest BCUT2D eigenvalue weighted by molar-refractivity contribution is -0.118. The van der Waals surface area contributed by atoms with Crippen molar-refractivity contribution in [1.29, 1.82) is 0 Å². The van der Waals surface area contributed by atoms with Crippen LogP contribution in [0.25, 0.3) is 10.9 Å². The van der Waals surface area contributed by atoms with E-state index < -0.39 is 11.7 Å². The monoisotopic (exact) mass is 648 g/mol. The summed E-state index contributed by atoms with van der Waals surface area (Å²) in [5.41, 5.74) is 1.38. The van der Waals surface area contributed by atoms with Gasteiger partial charge in [0, 0.05) is 16.6 Å². The first-order chi connectivity index (χ1) is 17.7. The van der Waals surface area contributed by atoms with Gasteiger partial charge in [0.1, 0.15) is 11.6 Å². The third-order valence-corrected chi connectivity index (χ3v) is 6.53. The Labute approximate surface area is 233 Å². The molecule has 1 aromatic heterocycles. The minimum Gasteiger partial charge on any atom is -0.481 e. The van der Waals surface area contributed by atoms with Gasteiger partial charge < -0.3 is 10.1 Å². The number of rotatable bonds is 8. The molecule has 3 aromatic carbocycles. The van der Waals surface area contributed by atoms with Crippen molar-refractivity contribution in [3.8, 4) is 5.75 Å². The Morgan fingerprint density at radius 2 is 1.95 bits per heavy atom. The molecule has 0 unspecified atom stereocenters. The molecule has 0 spiro atoms. The molecule has 0 saturated carbocycles. The van der Waals surface area contributed by atoms with E-state index in [1.807, 2.05) is 13.0 Å². The van der Waals surface area contributed by atoms with E-state index in [0.29, 0.717) is 38.9 Å². The highest BCUT2D eigenvalue weighted by atomic mass is 79.9. The molecule has 0 aliphatic heterocycles. The average molecular weight is 651 g/mol. The molecular weight excluding hydrogens is 631 g/mol. The van der Waals surface area contributed by atoms with Gasteiger partial charge in [0.25, 0.3) is 11.5 Å². The molecule has 7 nitrogen and oxygen atoms in total. The molecular formula is C26H20Br2ClFN4O3. The Morgan fingerprint density at radius 3 is 2.65 bits per heavy atom. The topological polar surface area (TPSA) is 85.6 Å². The van der Waals surface area contributed by atoms with E-state index in [1.54, 1.807) is 24.3 Å². The second-order valence-electron chi connectivity index (χ2n) is 7.96. The lowest BCUT2D eigenvalue weighted by Gasteiger charge is -2.12. The van der Waals surface area contributed by atoms with E-state index in [2.05, 4.69) is 47.3 Å². The van der Waals surface area contributed by atoms with Crippen LogP contribution in [-0.2, 0) is 11.2 Å². The second-order valence-corrected chi connectivity index (χ2v) is 10.1. The van der Waals surface area contributed by atoms with Gasteiger partial charge in [-0.15, -0.1) is 0 Å². The predicted molar refractivity (Wildman–Crippen MR) is 150 cm³/mol. The largest absolute Gasteiger partial charge is 0.481 e. The number of halogens is 4. The first-order valence-corrected chi connectivity index (χ1v) is 13.1. The van der Waals surface area contributed by atoms with E-state index in [4.69, 9.17) is 16.3 Å². The Morgan fingerprint density at radius 1 is 1.19 bits per heavy atom. The quantitative estimate of drug-likeness (QED) is 0.219. The van der Waals surface area contributed by atoms with Crippen LogP contribution in [0.3, 0.4) is 0 Å². The van der Waals surface area contributed by atoms with Crippen molar-refractivity contribution in [2.24, 2.45) is 5.10 Å². The summed E-state index contributed by atoms with van der Waals surface area (Å²) in [6.07, 6.45) is 2.88. The van der Waals surface area contributed by atoms with Crippen LogP contribution in [0, 0.1) is 5.82 Å². The molecule has 0 radical (unpaired) electrons. The Balaban J connectivity index is 1.54. The summed E-state index contributed by atoms with van der Waals surface area (Å²) in [4.78, 5) is 30.0. The number of hydrogen-bond donors (Lipinski definition) is 1. The fourth-order valence-corrected chi connectivity index (χ4v) is 4.83. The van der Waals surface area contributed by atoms with Gasteiger partial charge in [0.15, 0.2) is 12.4 Å². The molecule has 37 heavy (non-hydrogen) atoms. The van der Waals surface area contributed by atoms with Crippen LogP contribution in [0.1, 0.15) is 24.7 Å². The number of benzene rings is 3. The number of ether oxygens (including phenoxy) is 1. The summed E-state index contributed by atoms with van der Waals surface area (Å²) in [7, 11) is 0. The first-order valence-electron chi connectivity index (χ1n) is 11.2. The van der Waals surface area contributed by atoms with Crippen molar-refractivity contribution in [2.75, 3.05) is 11.9 Å². The minimum atomic E-state index is -0.432. The zero-order chi connectivity index (χ0) is 26.5. The maximum Gasteiger partial charge on any atom is 0.282 e. The molecule has 0 aliphatic carbocycles. The molecule has 11 heteroatoms. The maximum atomic E-state index is 13.2. The third-order valence-electron chi connectivity index (χ3n) is 5.17. The van der Waals surface area contributed by atoms with Crippen molar-refractivity contribution in [3.63, 3.8) is 0 Å². The van der Waals surface area contributed by atoms with Crippen molar-refractivity contribution >= 4 is 72.2 Å². The fourth-order valence-electron chi connectivity index (χ4n) is 3.48. The number of hydrogen-bond acceptors (Lipinski definition) is 5. The smallest absolute Gasteiger partial charge is 0.282 e. The van der Waals surface area contributed by atoms with E-state index in [0.717, 1.165) is 10.9 Å². The minimum absolute atomic E-state index is 0.243. The van der Waals surface area contributed by atoms with E-state index in [9.17, 15) is 14.0 Å². The number of carbonyl (C=O) groups excluding carboxylic acids is 1. The molecule has 0 fully saturated rings. The van der Waals surface area contributed by atoms with E-state index in [-0.39, 0.29) is 22.9 Å². The standard InChI is InChI=1S/C26H20Br2ClFN4O3/c1-2-3-23-33-22-9-4-16(27)12-19(22)26(36)34(23)31-13-15-10-20(28)25(21(29)11-15)37-14-24(35)32-18-7-5-17(30)6-8-18/h4-13H,2-3,14H2,1H3,(H,32,35). The van der Waals surface area contributed by atoms with Gasteiger partial charge in [0.05, 0.1) is 26.6 Å². The molecule has 0 atom stereocenters. The number of anilines is 1. The Kier molecular flexibility index (Phi) is 8.73. The summed E-state index contributed by atoms with van der Waals surface area (Å²) in [5, 5.41) is 7.71. The first kappa shape index (κ1) is 27.0. The van der Waals surface area contributed by atoms with E-state index >= 15 is 0 Å². The van der Waals surface area contributed by atoms with Gasteiger partial charge in [-0.3, -0.25) is 9.59 Å². The number of fused-ring (bicyclic) bond motifs is 1. The molecule has 1 N–H and O–H groups in total. The van der Waals surface area contributed by atoms with Crippen LogP contribution >= 0.6 is 43.5 Å². The van der Waals surface area contributed by atoms with Crippen LogP contribution in [-0.4, -0.2) is 28.4 Å². The molecule has 1 heterocycles. The summed E-state index contributed by atoms with van der Waals surface area (Å²) in [5.74, 6) is -0.00604. The highest BCUT2D eigenvalue weighted by molar-refractivity contribution is 9.10. The van der Waals surface area contributed by atoms with Crippen molar-refractivity contribution in [1.82, 2.24) is 9.66 Å². The summed E-state index contributed by atoms with van der Waals surface area (Å²) in [6.45, 7) is 1.69. The lowest BCUT2D eigenvalue weighted by Crippen LogP contribution is -2.22. The molecule has 4 aromatic rings. The van der Waals surface area contributed by atoms with Gasteiger partial charge in [-0.25, -0.2) is 9.37 Å². The summed E-state index contributed by atoms with van der Waals surface area (Å²) >= 11 is 13.2. The molecule has 0 saturated heterocycles. The summed E-state index contributed by atoms with van der Waals surface area (Å²) in [6, 6.07) is 14.1. The van der Waals surface area contributed by atoms with Gasteiger partial charge in [-0.1, -0.05) is 34.5 Å². The third kappa shape index (κ3) is 6.63. The number of amides is 1. The van der Waals surface area contributed by atoms with Crippen LogP contribution in [0.4, 0.5) is 10.1 Å². The number of aromatic nitrogens is 2. The second kappa shape index (κ2) is 12.0. The van der Waals surface area contributed by atoms with Gasteiger partial charge in [0.2, 0.25) is 0 Å². The van der Waals surface area contributed by atoms with Gasteiger partial charge >= 0.3 is 0 Å². The highest BCUT2D eigenvalue weighted by Gasteiger charge is 2.13. The van der Waals surface area contributed by atoms with Crippen molar-refractivity contribution in [3.05, 3.63) is 96.1 Å². The van der Waals surface area contributed by atoms with Crippen LogP contribution in [0.5, 0.6) is 5.75 Å². The van der Waals surface area contributed by atoms with E-state index in [1.165, 1.54) is 35.2 Å². The Bertz CT molecular complexity index is 1540. The average Bonchev–Trinajstić information content (AvgIpc) is 2.85. The number of nitrogens with zero attached hydrogens (tertiary/aromatic N) is 3. The maximum absolute atomic E-state index is 13.2. The Hall–Kier alpha value is -3.08. The lowest BCUT2D eigenvalue weighted by atomic mass is 10.2. The molecule has 190 valence electrons. The van der Waals surface area contributed by atoms with Crippen molar-refractivity contribution < 1.29 is 13.9 Å². The fraction of sp³-hybridized carbons (Fsp3) is 0.154. The van der Waals surface area contributed by atoms with Gasteiger partial charge in [-0.2, -0.15) is 9.78 Å². The molecule has 0 aliphatic rings. The molecule has 0 bridgehead atoms. The molecule has 4 rings (SSSR count).